The molecule has 0 aliphatic carbocycles. The Morgan fingerprint density at radius 2 is 2.20 bits per heavy atom. The SMILES string of the molecule is CC(C)C(=O)N1CCOc2ccc(SCC(=O)O)cc21. The number of anilines is 1. The highest BCUT2D eigenvalue weighted by Crippen LogP contribution is 2.36. The Balaban J connectivity index is 2.26. The van der Waals surface area contributed by atoms with Crippen molar-refractivity contribution in [3.63, 3.8) is 0 Å². The van der Waals surface area contributed by atoms with Crippen LogP contribution in [0.2, 0.25) is 0 Å². The van der Waals surface area contributed by atoms with Crippen LogP contribution in [0.25, 0.3) is 0 Å². The first-order chi connectivity index (χ1) is 9.49. The molecule has 0 spiro atoms. The molecule has 0 saturated heterocycles. The van der Waals surface area contributed by atoms with Crippen molar-refractivity contribution in [3.8, 4) is 5.75 Å². The molecule has 108 valence electrons. The van der Waals surface area contributed by atoms with E-state index in [0.717, 1.165) is 10.6 Å². The molecule has 20 heavy (non-hydrogen) atoms. The monoisotopic (exact) mass is 295 g/mol. The Morgan fingerprint density at radius 3 is 2.85 bits per heavy atom. The first-order valence-corrected chi connectivity index (χ1v) is 7.40. The molecule has 0 aromatic heterocycles. The molecular weight excluding hydrogens is 278 g/mol. The third kappa shape index (κ3) is 3.25. The summed E-state index contributed by atoms with van der Waals surface area (Å²) < 4.78 is 5.54. The second-order valence-electron chi connectivity index (χ2n) is 4.80. The second-order valence-corrected chi connectivity index (χ2v) is 5.85. The number of rotatable bonds is 4. The quantitative estimate of drug-likeness (QED) is 0.863. The number of carbonyl (C=O) groups excluding carboxylic acids is 1. The number of thioether (sulfide) groups is 1. The van der Waals surface area contributed by atoms with Crippen LogP contribution in [0, 0.1) is 5.92 Å². The van der Waals surface area contributed by atoms with Crippen LogP contribution in [0.15, 0.2) is 23.1 Å². The van der Waals surface area contributed by atoms with Gasteiger partial charge in [-0.25, -0.2) is 0 Å². The standard InChI is InChI=1S/C14H17NO4S/c1-9(2)14(18)15-5-6-19-12-4-3-10(7-11(12)15)20-8-13(16)17/h3-4,7,9H,5-6,8H2,1-2H3,(H,16,17). The summed E-state index contributed by atoms with van der Waals surface area (Å²) in [5, 5.41) is 8.72. The van der Waals surface area contributed by atoms with Crippen molar-refractivity contribution >= 4 is 29.3 Å². The molecule has 0 radical (unpaired) electrons. The predicted molar refractivity (Wildman–Crippen MR) is 77.5 cm³/mol. The number of amides is 1. The number of benzene rings is 1. The molecule has 2 rings (SSSR count). The maximum Gasteiger partial charge on any atom is 0.313 e. The average molecular weight is 295 g/mol. The van der Waals surface area contributed by atoms with Gasteiger partial charge in [-0.3, -0.25) is 9.59 Å². The lowest BCUT2D eigenvalue weighted by Crippen LogP contribution is -2.40. The van der Waals surface area contributed by atoms with Crippen LogP contribution in [-0.4, -0.2) is 35.9 Å². The van der Waals surface area contributed by atoms with Gasteiger partial charge in [0.05, 0.1) is 18.0 Å². The number of carbonyl (C=O) groups is 2. The minimum Gasteiger partial charge on any atom is -0.490 e. The third-order valence-corrected chi connectivity index (χ3v) is 3.89. The molecule has 0 saturated carbocycles. The van der Waals surface area contributed by atoms with Gasteiger partial charge in [0.15, 0.2) is 0 Å². The highest BCUT2D eigenvalue weighted by Gasteiger charge is 2.25. The molecule has 1 aromatic carbocycles. The number of aliphatic carboxylic acids is 1. The molecule has 5 nitrogen and oxygen atoms in total. The Morgan fingerprint density at radius 1 is 1.45 bits per heavy atom. The van der Waals surface area contributed by atoms with Crippen molar-refractivity contribution in [2.75, 3.05) is 23.8 Å². The lowest BCUT2D eigenvalue weighted by Gasteiger charge is -2.31. The minimum absolute atomic E-state index is 0.00221. The average Bonchev–Trinajstić information content (AvgIpc) is 2.43. The number of hydrogen-bond donors (Lipinski definition) is 1. The van der Waals surface area contributed by atoms with Crippen molar-refractivity contribution in [2.24, 2.45) is 5.92 Å². The van der Waals surface area contributed by atoms with Crippen LogP contribution >= 0.6 is 11.8 Å². The summed E-state index contributed by atoms with van der Waals surface area (Å²) in [7, 11) is 0. The van der Waals surface area contributed by atoms with E-state index in [-0.39, 0.29) is 17.6 Å². The highest BCUT2D eigenvalue weighted by atomic mass is 32.2. The molecule has 0 bridgehead atoms. The van der Waals surface area contributed by atoms with Gasteiger partial charge in [-0.15, -0.1) is 11.8 Å². The normalized spacial score (nSPS) is 13.8. The van der Waals surface area contributed by atoms with E-state index in [1.165, 1.54) is 11.8 Å². The molecule has 6 heteroatoms. The maximum atomic E-state index is 12.2. The van der Waals surface area contributed by atoms with Gasteiger partial charge in [-0.05, 0) is 18.2 Å². The predicted octanol–water partition coefficient (Wildman–Crippen LogP) is 2.24. The number of ether oxygens (including phenoxy) is 1. The van der Waals surface area contributed by atoms with E-state index < -0.39 is 5.97 Å². The third-order valence-electron chi connectivity index (χ3n) is 2.92. The van der Waals surface area contributed by atoms with Gasteiger partial charge in [0.2, 0.25) is 5.91 Å². The van der Waals surface area contributed by atoms with Gasteiger partial charge < -0.3 is 14.7 Å². The smallest absolute Gasteiger partial charge is 0.313 e. The first-order valence-electron chi connectivity index (χ1n) is 6.42. The molecule has 0 unspecified atom stereocenters. The summed E-state index contributed by atoms with van der Waals surface area (Å²) in [5.74, 6) is -0.229. The second kappa shape index (κ2) is 6.17. The van der Waals surface area contributed by atoms with Crippen LogP contribution < -0.4 is 9.64 Å². The van der Waals surface area contributed by atoms with Crippen molar-refractivity contribution in [2.45, 2.75) is 18.7 Å². The van der Waals surface area contributed by atoms with E-state index >= 15 is 0 Å². The van der Waals surface area contributed by atoms with Gasteiger partial charge in [0.25, 0.3) is 0 Å². The molecule has 0 fully saturated rings. The van der Waals surface area contributed by atoms with E-state index in [9.17, 15) is 9.59 Å². The molecule has 1 amide bonds. The fraction of sp³-hybridized carbons (Fsp3) is 0.429. The highest BCUT2D eigenvalue weighted by molar-refractivity contribution is 8.00. The van der Waals surface area contributed by atoms with Gasteiger partial charge in [0.1, 0.15) is 12.4 Å². The minimum atomic E-state index is -0.862. The van der Waals surface area contributed by atoms with E-state index in [2.05, 4.69) is 0 Å². The van der Waals surface area contributed by atoms with Crippen molar-refractivity contribution in [1.82, 2.24) is 0 Å². The Hall–Kier alpha value is -1.69. The number of fused-ring (bicyclic) bond motifs is 1. The fourth-order valence-electron chi connectivity index (χ4n) is 1.97. The summed E-state index contributed by atoms with van der Waals surface area (Å²) in [6, 6.07) is 5.43. The lowest BCUT2D eigenvalue weighted by atomic mass is 10.1. The van der Waals surface area contributed by atoms with Gasteiger partial charge in [0, 0.05) is 10.8 Å². The van der Waals surface area contributed by atoms with Crippen molar-refractivity contribution < 1.29 is 19.4 Å². The van der Waals surface area contributed by atoms with E-state index in [0.29, 0.717) is 18.9 Å². The Labute approximate surface area is 121 Å². The fourth-order valence-corrected chi connectivity index (χ4v) is 2.62. The maximum absolute atomic E-state index is 12.2. The summed E-state index contributed by atoms with van der Waals surface area (Å²) in [6.07, 6.45) is 0. The molecule has 1 aliphatic heterocycles. The van der Waals surface area contributed by atoms with Gasteiger partial charge in [-0.2, -0.15) is 0 Å². The van der Waals surface area contributed by atoms with Crippen LogP contribution in [-0.2, 0) is 9.59 Å². The van der Waals surface area contributed by atoms with Crippen LogP contribution in [0.4, 0.5) is 5.69 Å². The number of hydrogen-bond acceptors (Lipinski definition) is 4. The number of nitrogens with zero attached hydrogens (tertiary/aromatic N) is 1. The zero-order valence-corrected chi connectivity index (χ0v) is 12.3. The van der Waals surface area contributed by atoms with E-state index in [4.69, 9.17) is 9.84 Å². The molecule has 1 N–H and O–H groups in total. The van der Waals surface area contributed by atoms with Crippen LogP contribution in [0.3, 0.4) is 0 Å². The lowest BCUT2D eigenvalue weighted by molar-refractivity contribution is -0.133. The molecule has 1 aromatic rings. The van der Waals surface area contributed by atoms with Crippen molar-refractivity contribution in [1.29, 1.82) is 0 Å². The van der Waals surface area contributed by atoms with E-state index in [1.54, 1.807) is 11.0 Å². The molecule has 0 atom stereocenters. The number of carboxylic acids is 1. The summed E-state index contributed by atoms with van der Waals surface area (Å²) in [4.78, 5) is 25.4. The topological polar surface area (TPSA) is 66.8 Å². The zero-order valence-electron chi connectivity index (χ0n) is 11.5. The van der Waals surface area contributed by atoms with Crippen LogP contribution in [0.1, 0.15) is 13.8 Å². The van der Waals surface area contributed by atoms with Gasteiger partial charge >= 0.3 is 5.97 Å². The summed E-state index contributed by atoms with van der Waals surface area (Å²) in [6.45, 7) is 4.73. The summed E-state index contributed by atoms with van der Waals surface area (Å²) >= 11 is 1.23. The summed E-state index contributed by atoms with van der Waals surface area (Å²) in [5.41, 5.74) is 0.727. The molecule has 1 aliphatic rings. The Kier molecular flexibility index (Phi) is 4.54. The van der Waals surface area contributed by atoms with E-state index in [1.807, 2.05) is 26.0 Å². The van der Waals surface area contributed by atoms with Crippen LogP contribution in [0.5, 0.6) is 5.75 Å². The molecular formula is C14H17NO4S. The molecule has 1 heterocycles. The first kappa shape index (κ1) is 14.7. The Bertz CT molecular complexity index is 530. The zero-order chi connectivity index (χ0) is 14.7. The number of carboxylic acid groups (broad SMARTS) is 1. The largest absolute Gasteiger partial charge is 0.490 e. The van der Waals surface area contributed by atoms with Crippen molar-refractivity contribution in [3.05, 3.63) is 18.2 Å². The van der Waals surface area contributed by atoms with Gasteiger partial charge in [-0.1, -0.05) is 13.8 Å².